The molecule has 0 bridgehead atoms. The van der Waals surface area contributed by atoms with E-state index in [1.165, 1.54) is 12.1 Å². The van der Waals surface area contributed by atoms with Crippen molar-refractivity contribution in [3.05, 3.63) is 48.0 Å². The van der Waals surface area contributed by atoms with E-state index in [2.05, 4.69) is 9.97 Å². The van der Waals surface area contributed by atoms with Crippen LogP contribution in [-0.4, -0.2) is 21.0 Å². The quantitative estimate of drug-likeness (QED) is 0.788. The van der Waals surface area contributed by atoms with E-state index in [1.54, 1.807) is 24.5 Å². The third kappa shape index (κ3) is 2.73. The van der Waals surface area contributed by atoms with Gasteiger partial charge in [0, 0.05) is 24.1 Å². The summed E-state index contributed by atoms with van der Waals surface area (Å²) in [7, 11) is 0. The minimum Gasteiger partial charge on any atom is -0.486 e. The minimum atomic E-state index is -1.06. The monoisotopic (exact) mass is 245 g/mol. The molecule has 6 nitrogen and oxygen atoms in total. The Balaban J connectivity index is 2.07. The van der Waals surface area contributed by atoms with Gasteiger partial charge in [0.2, 0.25) is 0 Å². The van der Waals surface area contributed by atoms with Gasteiger partial charge in [0.25, 0.3) is 0 Å². The number of ether oxygens (including phenoxy) is 1. The van der Waals surface area contributed by atoms with Gasteiger partial charge in [0.05, 0.1) is 5.56 Å². The zero-order valence-corrected chi connectivity index (χ0v) is 9.41. The Morgan fingerprint density at radius 2 is 2.06 bits per heavy atom. The topological polar surface area (TPSA) is 98.3 Å². The highest BCUT2D eigenvalue weighted by Crippen LogP contribution is 2.20. The number of anilines is 1. The minimum absolute atomic E-state index is 0.0540. The van der Waals surface area contributed by atoms with Crippen LogP contribution in [0.1, 0.15) is 16.2 Å². The van der Waals surface area contributed by atoms with E-state index in [9.17, 15) is 4.79 Å². The van der Waals surface area contributed by atoms with Crippen LogP contribution in [0.15, 0.2) is 36.7 Å². The molecule has 1 aromatic carbocycles. The van der Waals surface area contributed by atoms with Gasteiger partial charge in [-0.2, -0.15) is 0 Å². The lowest BCUT2D eigenvalue weighted by molar-refractivity contribution is 0.0698. The van der Waals surface area contributed by atoms with Crippen LogP contribution in [0.3, 0.4) is 0 Å². The normalized spacial score (nSPS) is 10.0. The molecule has 0 amide bonds. The number of benzene rings is 1. The van der Waals surface area contributed by atoms with E-state index in [1.807, 2.05) is 0 Å². The fourth-order valence-corrected chi connectivity index (χ4v) is 1.38. The molecule has 0 aliphatic carbocycles. The molecule has 1 heterocycles. The molecule has 0 aliphatic heterocycles. The second-order valence-corrected chi connectivity index (χ2v) is 3.51. The van der Waals surface area contributed by atoms with E-state index >= 15 is 0 Å². The number of aromatic nitrogens is 2. The van der Waals surface area contributed by atoms with Crippen molar-refractivity contribution in [3.63, 3.8) is 0 Å². The zero-order valence-electron chi connectivity index (χ0n) is 9.41. The Labute approximate surface area is 103 Å². The van der Waals surface area contributed by atoms with Crippen molar-refractivity contribution in [2.45, 2.75) is 6.61 Å². The van der Waals surface area contributed by atoms with Crippen molar-refractivity contribution in [1.82, 2.24) is 9.97 Å². The SMILES string of the molecule is Nc1cc(OCc2ncccn2)ccc1C(=O)O. The predicted octanol–water partition coefficient (Wildman–Crippen LogP) is 1.34. The summed E-state index contributed by atoms with van der Waals surface area (Å²) < 4.78 is 5.41. The van der Waals surface area contributed by atoms with E-state index < -0.39 is 5.97 Å². The molecule has 18 heavy (non-hydrogen) atoms. The van der Waals surface area contributed by atoms with Crippen LogP contribution in [-0.2, 0) is 6.61 Å². The summed E-state index contributed by atoms with van der Waals surface area (Å²) in [4.78, 5) is 18.8. The average Bonchev–Trinajstić information content (AvgIpc) is 2.37. The molecular weight excluding hydrogens is 234 g/mol. The molecule has 1 aromatic heterocycles. The van der Waals surface area contributed by atoms with Crippen LogP contribution in [0, 0.1) is 0 Å². The summed E-state index contributed by atoms with van der Waals surface area (Å²) in [6.07, 6.45) is 3.24. The van der Waals surface area contributed by atoms with Gasteiger partial charge >= 0.3 is 5.97 Å². The van der Waals surface area contributed by atoms with Gasteiger partial charge < -0.3 is 15.6 Å². The fraction of sp³-hybridized carbons (Fsp3) is 0.0833. The largest absolute Gasteiger partial charge is 0.486 e. The summed E-state index contributed by atoms with van der Waals surface area (Å²) in [6, 6.07) is 6.12. The maximum absolute atomic E-state index is 10.8. The summed E-state index contributed by atoms with van der Waals surface area (Å²) in [5.41, 5.74) is 5.81. The smallest absolute Gasteiger partial charge is 0.337 e. The lowest BCUT2D eigenvalue weighted by Crippen LogP contribution is -2.04. The Hall–Kier alpha value is -2.63. The van der Waals surface area contributed by atoms with Crippen molar-refractivity contribution in [2.24, 2.45) is 0 Å². The van der Waals surface area contributed by atoms with Crippen molar-refractivity contribution < 1.29 is 14.6 Å². The van der Waals surface area contributed by atoms with Gasteiger partial charge in [-0.25, -0.2) is 14.8 Å². The fourth-order valence-electron chi connectivity index (χ4n) is 1.38. The molecule has 2 rings (SSSR count). The lowest BCUT2D eigenvalue weighted by atomic mass is 10.2. The summed E-state index contributed by atoms with van der Waals surface area (Å²) in [5.74, 6) is -0.0474. The van der Waals surface area contributed by atoms with Gasteiger partial charge in [-0.15, -0.1) is 0 Å². The van der Waals surface area contributed by atoms with Crippen molar-refractivity contribution in [3.8, 4) is 5.75 Å². The van der Waals surface area contributed by atoms with Gasteiger partial charge in [-0.3, -0.25) is 0 Å². The highest BCUT2D eigenvalue weighted by atomic mass is 16.5. The number of hydrogen-bond acceptors (Lipinski definition) is 5. The second kappa shape index (κ2) is 5.13. The van der Waals surface area contributed by atoms with Crippen LogP contribution < -0.4 is 10.5 Å². The average molecular weight is 245 g/mol. The van der Waals surface area contributed by atoms with Crippen molar-refractivity contribution in [2.75, 3.05) is 5.73 Å². The summed E-state index contributed by atoms with van der Waals surface area (Å²) in [6.45, 7) is 0.201. The van der Waals surface area contributed by atoms with Crippen LogP contribution in [0.25, 0.3) is 0 Å². The molecule has 92 valence electrons. The molecule has 6 heteroatoms. The Morgan fingerprint density at radius 3 is 2.67 bits per heavy atom. The van der Waals surface area contributed by atoms with Gasteiger partial charge in [0.1, 0.15) is 12.4 Å². The van der Waals surface area contributed by atoms with Crippen molar-refractivity contribution in [1.29, 1.82) is 0 Å². The maximum Gasteiger partial charge on any atom is 0.337 e. The Kier molecular flexibility index (Phi) is 3.38. The van der Waals surface area contributed by atoms with E-state index in [4.69, 9.17) is 15.6 Å². The number of rotatable bonds is 4. The molecule has 0 aliphatic rings. The molecule has 0 radical (unpaired) electrons. The third-order valence-electron chi connectivity index (χ3n) is 2.24. The number of hydrogen-bond donors (Lipinski definition) is 2. The molecule has 0 atom stereocenters. The molecule has 0 saturated heterocycles. The first kappa shape index (κ1) is 11.8. The number of nitrogen functional groups attached to an aromatic ring is 1. The first-order valence-electron chi connectivity index (χ1n) is 5.18. The van der Waals surface area contributed by atoms with E-state index in [0.29, 0.717) is 11.6 Å². The van der Waals surface area contributed by atoms with Crippen LogP contribution in [0.5, 0.6) is 5.75 Å². The Bertz CT molecular complexity index is 558. The molecule has 0 spiro atoms. The van der Waals surface area contributed by atoms with Gasteiger partial charge in [-0.05, 0) is 18.2 Å². The molecule has 0 fully saturated rings. The highest BCUT2D eigenvalue weighted by molar-refractivity contribution is 5.93. The molecule has 2 aromatic rings. The van der Waals surface area contributed by atoms with E-state index in [-0.39, 0.29) is 17.9 Å². The number of carboxylic acid groups (broad SMARTS) is 1. The van der Waals surface area contributed by atoms with E-state index in [0.717, 1.165) is 0 Å². The van der Waals surface area contributed by atoms with Gasteiger partial charge in [0.15, 0.2) is 5.82 Å². The number of nitrogens with two attached hydrogens (primary N) is 1. The standard InChI is InChI=1S/C12H11N3O3/c13-10-6-8(2-3-9(10)12(16)17)18-7-11-14-4-1-5-15-11/h1-6H,7,13H2,(H,16,17). The lowest BCUT2D eigenvalue weighted by Gasteiger charge is -2.07. The third-order valence-corrected chi connectivity index (χ3v) is 2.24. The first-order chi connectivity index (χ1) is 8.66. The summed E-state index contributed by atoms with van der Waals surface area (Å²) >= 11 is 0. The number of aromatic carboxylic acids is 1. The van der Waals surface area contributed by atoms with Crippen LogP contribution in [0.4, 0.5) is 5.69 Å². The number of carboxylic acids is 1. The zero-order chi connectivity index (χ0) is 13.0. The number of carbonyl (C=O) groups is 1. The van der Waals surface area contributed by atoms with Crippen LogP contribution in [0.2, 0.25) is 0 Å². The number of nitrogens with zero attached hydrogens (tertiary/aromatic N) is 2. The van der Waals surface area contributed by atoms with Crippen LogP contribution >= 0.6 is 0 Å². The second-order valence-electron chi connectivity index (χ2n) is 3.51. The molecular formula is C12H11N3O3. The van der Waals surface area contributed by atoms with Crippen molar-refractivity contribution >= 4 is 11.7 Å². The predicted molar refractivity (Wildman–Crippen MR) is 64.2 cm³/mol. The highest BCUT2D eigenvalue weighted by Gasteiger charge is 2.08. The first-order valence-corrected chi connectivity index (χ1v) is 5.18. The summed E-state index contributed by atoms with van der Waals surface area (Å²) in [5, 5.41) is 8.82. The Morgan fingerprint density at radius 1 is 1.33 bits per heavy atom. The molecule has 0 unspecified atom stereocenters. The maximum atomic E-state index is 10.8. The van der Waals surface area contributed by atoms with Gasteiger partial charge in [-0.1, -0.05) is 0 Å². The molecule has 0 saturated carbocycles. The molecule has 3 N–H and O–H groups in total.